The summed E-state index contributed by atoms with van der Waals surface area (Å²) >= 11 is 1.45. The molecule has 4 aromatic heterocycles. The van der Waals surface area contributed by atoms with Gasteiger partial charge >= 0.3 is 0 Å². The second-order valence-electron chi connectivity index (χ2n) is 10.0. The van der Waals surface area contributed by atoms with Crippen molar-refractivity contribution in [1.29, 1.82) is 0 Å². The third kappa shape index (κ3) is 4.51. The van der Waals surface area contributed by atoms with E-state index >= 15 is 0 Å². The van der Waals surface area contributed by atoms with Gasteiger partial charge < -0.3 is 10.5 Å². The molecule has 0 spiro atoms. The van der Waals surface area contributed by atoms with Crippen molar-refractivity contribution in [2.24, 2.45) is 0 Å². The molecule has 0 amide bonds. The maximum atomic E-state index is 14.9. The van der Waals surface area contributed by atoms with E-state index in [9.17, 15) is 13.6 Å². The van der Waals surface area contributed by atoms with Crippen molar-refractivity contribution < 1.29 is 13.5 Å². The number of anilines is 1. The fraction of sp³-hybridized carbons (Fsp3) is 0.200. The van der Waals surface area contributed by atoms with E-state index in [1.165, 1.54) is 35.9 Å². The quantitative estimate of drug-likeness (QED) is 0.248. The van der Waals surface area contributed by atoms with E-state index in [0.29, 0.717) is 33.4 Å². The average Bonchev–Trinajstić information content (AvgIpc) is 3.49. The Morgan fingerprint density at radius 2 is 1.80 bits per heavy atom. The van der Waals surface area contributed by atoms with E-state index in [0.717, 1.165) is 15.4 Å². The van der Waals surface area contributed by atoms with E-state index in [1.807, 2.05) is 33.8 Å². The van der Waals surface area contributed by atoms with Crippen molar-refractivity contribution in [2.75, 3.05) is 5.73 Å². The average molecular weight is 573 g/mol. The summed E-state index contributed by atoms with van der Waals surface area (Å²) in [6.45, 7) is 7.47. The molecule has 0 aliphatic rings. The Labute approximate surface area is 237 Å². The first-order valence-electron chi connectivity index (χ1n) is 13.0. The van der Waals surface area contributed by atoms with Gasteiger partial charge in [-0.2, -0.15) is 5.10 Å². The van der Waals surface area contributed by atoms with Crippen LogP contribution in [-0.4, -0.2) is 30.3 Å². The number of ether oxygens (including phenoxy) is 1. The first-order valence-corrected chi connectivity index (χ1v) is 13.8. The molecular formula is C30H26F2N6O2S. The first kappa shape index (κ1) is 26.6. The predicted octanol–water partition coefficient (Wildman–Crippen LogP) is 6.40. The van der Waals surface area contributed by atoms with E-state index in [4.69, 9.17) is 15.6 Å². The van der Waals surface area contributed by atoms with Gasteiger partial charge in [0.1, 0.15) is 28.5 Å². The van der Waals surface area contributed by atoms with Crippen molar-refractivity contribution >= 4 is 33.0 Å². The fourth-order valence-electron chi connectivity index (χ4n) is 5.05. The number of aromatic nitrogens is 5. The molecule has 1 unspecified atom stereocenters. The molecule has 208 valence electrons. The van der Waals surface area contributed by atoms with Crippen molar-refractivity contribution in [3.8, 4) is 28.1 Å². The Balaban J connectivity index is 1.48. The zero-order valence-electron chi connectivity index (χ0n) is 22.7. The number of pyridine rings is 1. The smallest absolute Gasteiger partial charge is 0.263 e. The Hall–Kier alpha value is -4.64. The summed E-state index contributed by atoms with van der Waals surface area (Å²) in [4.78, 5) is 23.8. The van der Waals surface area contributed by atoms with Crippen LogP contribution in [-0.2, 0) is 0 Å². The maximum absolute atomic E-state index is 14.9. The van der Waals surface area contributed by atoms with Gasteiger partial charge in [0.2, 0.25) is 0 Å². The number of hydrogen-bond acceptors (Lipinski definition) is 7. The number of fused-ring (bicyclic) bond motifs is 2. The lowest BCUT2D eigenvalue weighted by molar-refractivity contribution is 0.231. The van der Waals surface area contributed by atoms with Gasteiger partial charge in [-0.15, -0.1) is 11.3 Å². The molecule has 6 rings (SSSR count). The summed E-state index contributed by atoms with van der Waals surface area (Å²) in [5, 5.41) is 5.34. The van der Waals surface area contributed by atoms with Crippen molar-refractivity contribution in [3.05, 3.63) is 93.5 Å². The number of aryl methyl sites for hydroxylation is 1. The standard InChI is InChI=1S/C30H26F2N6O2S/c1-15(2)40-23-10-8-19(13-22(23)32)26-25-28(33)34-14-35-29(25)38(36-26)17(4)27-16(3)37-24(41-27)11-9-21(30(37)39)18-6-5-7-20(31)12-18/h5-15,17H,1-4H3,(H2,33,34,35). The molecule has 1 atom stereocenters. The van der Waals surface area contributed by atoms with E-state index in [1.54, 1.807) is 39.4 Å². The molecule has 6 aromatic rings. The Morgan fingerprint density at radius 3 is 2.54 bits per heavy atom. The number of halogens is 2. The number of nitrogens with two attached hydrogens (primary N) is 1. The van der Waals surface area contributed by atoms with Crippen LogP contribution in [0, 0.1) is 18.6 Å². The minimum Gasteiger partial charge on any atom is -0.488 e. The Morgan fingerprint density at radius 1 is 1.00 bits per heavy atom. The Kier molecular flexibility index (Phi) is 6.53. The number of nitrogens with zero attached hydrogens (tertiary/aromatic N) is 5. The molecule has 4 heterocycles. The zero-order valence-corrected chi connectivity index (χ0v) is 23.5. The number of nitrogen functional groups attached to an aromatic ring is 1. The number of rotatable bonds is 6. The van der Waals surface area contributed by atoms with Crippen molar-refractivity contribution in [3.63, 3.8) is 0 Å². The van der Waals surface area contributed by atoms with Gasteiger partial charge in [0, 0.05) is 16.8 Å². The highest BCUT2D eigenvalue weighted by Gasteiger charge is 2.25. The summed E-state index contributed by atoms with van der Waals surface area (Å²) in [6, 6.07) is 13.8. The number of thiazole rings is 1. The molecule has 0 bridgehead atoms. The summed E-state index contributed by atoms with van der Waals surface area (Å²) < 4.78 is 37.7. The summed E-state index contributed by atoms with van der Waals surface area (Å²) in [5.41, 5.74) is 9.10. The van der Waals surface area contributed by atoms with Crippen LogP contribution in [0.3, 0.4) is 0 Å². The molecular weight excluding hydrogens is 546 g/mol. The third-order valence-electron chi connectivity index (χ3n) is 6.92. The van der Waals surface area contributed by atoms with Gasteiger partial charge in [-0.25, -0.2) is 23.4 Å². The molecule has 0 aliphatic heterocycles. The van der Waals surface area contributed by atoms with Crippen LogP contribution in [0.25, 0.3) is 38.2 Å². The van der Waals surface area contributed by atoms with E-state index < -0.39 is 11.6 Å². The van der Waals surface area contributed by atoms with Crippen LogP contribution in [0.15, 0.2) is 65.7 Å². The van der Waals surface area contributed by atoms with Gasteiger partial charge in [0.15, 0.2) is 17.2 Å². The van der Waals surface area contributed by atoms with E-state index in [-0.39, 0.29) is 29.3 Å². The van der Waals surface area contributed by atoms with Crippen LogP contribution in [0.4, 0.5) is 14.6 Å². The molecule has 41 heavy (non-hydrogen) atoms. The lowest BCUT2D eigenvalue weighted by Gasteiger charge is -2.12. The minimum atomic E-state index is -0.517. The van der Waals surface area contributed by atoms with Crippen LogP contribution < -0.4 is 16.0 Å². The van der Waals surface area contributed by atoms with Gasteiger partial charge in [-0.3, -0.25) is 9.20 Å². The van der Waals surface area contributed by atoms with Crippen LogP contribution in [0.1, 0.15) is 37.4 Å². The van der Waals surface area contributed by atoms with Crippen LogP contribution in [0.2, 0.25) is 0 Å². The van der Waals surface area contributed by atoms with Gasteiger partial charge in [0.25, 0.3) is 5.56 Å². The second-order valence-corrected chi connectivity index (χ2v) is 11.1. The molecule has 8 nitrogen and oxygen atoms in total. The summed E-state index contributed by atoms with van der Waals surface area (Å²) in [5.74, 6) is -0.562. The molecule has 0 saturated heterocycles. The minimum absolute atomic E-state index is 0.147. The second kappa shape index (κ2) is 10.1. The predicted molar refractivity (Wildman–Crippen MR) is 156 cm³/mol. The first-order chi connectivity index (χ1) is 19.6. The normalized spacial score (nSPS) is 12.5. The highest BCUT2D eigenvalue weighted by molar-refractivity contribution is 7.17. The van der Waals surface area contributed by atoms with Crippen molar-refractivity contribution in [1.82, 2.24) is 24.1 Å². The topological polar surface area (TPSA) is 100 Å². The lowest BCUT2D eigenvalue weighted by Crippen LogP contribution is -2.16. The highest BCUT2D eigenvalue weighted by Crippen LogP contribution is 2.37. The zero-order chi connectivity index (χ0) is 29.0. The molecule has 2 N–H and O–H groups in total. The molecule has 0 radical (unpaired) electrons. The van der Waals surface area contributed by atoms with Crippen LogP contribution in [0.5, 0.6) is 5.75 Å². The number of benzene rings is 2. The fourth-order valence-corrected chi connectivity index (χ4v) is 6.24. The van der Waals surface area contributed by atoms with Crippen molar-refractivity contribution in [2.45, 2.75) is 39.8 Å². The summed E-state index contributed by atoms with van der Waals surface area (Å²) in [7, 11) is 0. The summed E-state index contributed by atoms with van der Waals surface area (Å²) in [6.07, 6.45) is 1.18. The number of hydrogen-bond donors (Lipinski definition) is 1. The monoisotopic (exact) mass is 572 g/mol. The van der Waals surface area contributed by atoms with E-state index in [2.05, 4.69) is 9.97 Å². The van der Waals surface area contributed by atoms with Gasteiger partial charge in [-0.1, -0.05) is 12.1 Å². The Bertz CT molecular complexity index is 2010. The molecule has 11 heteroatoms. The van der Waals surface area contributed by atoms with Gasteiger partial charge in [-0.05, 0) is 75.7 Å². The maximum Gasteiger partial charge on any atom is 0.263 e. The molecule has 0 saturated carbocycles. The SMILES string of the molecule is Cc1c(C(C)n2nc(-c3ccc(OC(C)C)c(F)c3)c3c(N)ncnc32)sc2ccc(-c3cccc(F)c3)c(=O)n12. The molecule has 2 aromatic carbocycles. The third-order valence-corrected chi connectivity index (χ3v) is 8.31. The highest BCUT2D eigenvalue weighted by atomic mass is 32.1. The van der Waals surface area contributed by atoms with Crippen LogP contribution >= 0.6 is 11.3 Å². The largest absolute Gasteiger partial charge is 0.488 e. The molecule has 0 aliphatic carbocycles. The molecule has 0 fully saturated rings. The lowest BCUT2D eigenvalue weighted by atomic mass is 10.1. The van der Waals surface area contributed by atoms with Gasteiger partial charge in [0.05, 0.1) is 22.4 Å².